The zero-order valence-corrected chi connectivity index (χ0v) is 11.5. The van der Waals surface area contributed by atoms with E-state index < -0.39 is 0 Å². The molecule has 2 unspecified atom stereocenters. The fourth-order valence-electron chi connectivity index (χ4n) is 3.82. The van der Waals surface area contributed by atoms with Crippen molar-refractivity contribution in [3.8, 4) is 0 Å². The summed E-state index contributed by atoms with van der Waals surface area (Å²) in [5.41, 5.74) is 3.06. The monoisotopic (exact) mass is 246 g/mol. The lowest BCUT2D eigenvalue weighted by Crippen LogP contribution is -1.98. The van der Waals surface area contributed by atoms with E-state index in [1.165, 1.54) is 39.1 Å². The summed E-state index contributed by atoms with van der Waals surface area (Å²) in [6, 6.07) is 18.1. The average Bonchev–Trinajstić information content (AvgIpc) is 2.55. The summed E-state index contributed by atoms with van der Waals surface area (Å²) in [4.78, 5) is 0. The van der Waals surface area contributed by atoms with E-state index in [9.17, 15) is 0 Å². The zero-order valence-electron chi connectivity index (χ0n) is 11.5. The molecule has 0 saturated heterocycles. The van der Waals surface area contributed by atoms with Crippen LogP contribution in [0.5, 0.6) is 0 Å². The van der Waals surface area contributed by atoms with Crippen LogP contribution in [0.25, 0.3) is 21.5 Å². The Bertz CT molecular complexity index is 716. The van der Waals surface area contributed by atoms with Gasteiger partial charge in [-0.25, -0.2) is 0 Å². The maximum Gasteiger partial charge on any atom is -0.00677 e. The SMILES string of the molecule is CC1CC(C)c2cccc3ccc4cccc1c4c23. The Balaban J connectivity index is 2.31. The van der Waals surface area contributed by atoms with Gasteiger partial charge in [0.2, 0.25) is 0 Å². The fourth-order valence-corrected chi connectivity index (χ4v) is 3.82. The summed E-state index contributed by atoms with van der Waals surface area (Å²) in [5, 5.41) is 5.76. The first-order chi connectivity index (χ1) is 9.25. The molecular formula is C19H18. The van der Waals surface area contributed by atoms with Crippen molar-refractivity contribution in [1.82, 2.24) is 0 Å². The highest BCUT2D eigenvalue weighted by Crippen LogP contribution is 2.43. The van der Waals surface area contributed by atoms with E-state index in [1.54, 1.807) is 0 Å². The van der Waals surface area contributed by atoms with Crippen molar-refractivity contribution in [2.24, 2.45) is 0 Å². The van der Waals surface area contributed by atoms with Crippen LogP contribution in [-0.4, -0.2) is 0 Å². The largest absolute Gasteiger partial charge is 0.0613 e. The van der Waals surface area contributed by atoms with Crippen LogP contribution in [0.15, 0.2) is 48.5 Å². The average molecular weight is 246 g/mol. The first-order valence-electron chi connectivity index (χ1n) is 7.20. The molecule has 0 N–H and O–H groups in total. The molecule has 0 amide bonds. The molecule has 4 rings (SSSR count). The minimum atomic E-state index is 0.636. The number of hydrogen-bond acceptors (Lipinski definition) is 0. The Morgan fingerprint density at radius 2 is 1.16 bits per heavy atom. The summed E-state index contributed by atoms with van der Waals surface area (Å²) >= 11 is 0. The van der Waals surface area contributed by atoms with Crippen LogP contribution in [0, 0.1) is 0 Å². The van der Waals surface area contributed by atoms with Crippen LogP contribution < -0.4 is 0 Å². The molecule has 3 aromatic carbocycles. The van der Waals surface area contributed by atoms with E-state index in [0.29, 0.717) is 11.8 Å². The van der Waals surface area contributed by atoms with Crippen molar-refractivity contribution in [3.63, 3.8) is 0 Å². The highest BCUT2D eigenvalue weighted by molar-refractivity contribution is 6.11. The van der Waals surface area contributed by atoms with Gasteiger partial charge in [-0.15, -0.1) is 0 Å². The molecule has 0 bridgehead atoms. The smallest absolute Gasteiger partial charge is 0.00677 e. The summed E-state index contributed by atoms with van der Waals surface area (Å²) in [7, 11) is 0. The van der Waals surface area contributed by atoms with Crippen molar-refractivity contribution >= 4 is 21.5 Å². The quantitative estimate of drug-likeness (QED) is 0.453. The second-order valence-corrected chi connectivity index (χ2v) is 5.99. The van der Waals surface area contributed by atoms with Gasteiger partial charge in [-0.05, 0) is 50.9 Å². The molecule has 3 aromatic rings. The van der Waals surface area contributed by atoms with Crippen LogP contribution in [0.1, 0.15) is 43.2 Å². The topological polar surface area (TPSA) is 0 Å². The molecule has 0 heterocycles. The van der Waals surface area contributed by atoms with Gasteiger partial charge in [0.1, 0.15) is 0 Å². The molecule has 0 heteroatoms. The lowest BCUT2D eigenvalue weighted by Gasteiger charge is -2.15. The molecule has 0 aliphatic heterocycles. The molecular weight excluding hydrogens is 228 g/mol. The lowest BCUT2D eigenvalue weighted by atomic mass is 9.90. The van der Waals surface area contributed by atoms with Gasteiger partial charge in [-0.1, -0.05) is 62.4 Å². The van der Waals surface area contributed by atoms with Crippen molar-refractivity contribution in [3.05, 3.63) is 59.7 Å². The Morgan fingerprint density at radius 1 is 0.684 bits per heavy atom. The predicted molar refractivity (Wildman–Crippen MR) is 82.9 cm³/mol. The summed E-state index contributed by atoms with van der Waals surface area (Å²) in [6.07, 6.45) is 1.24. The van der Waals surface area contributed by atoms with Gasteiger partial charge in [0.05, 0.1) is 0 Å². The Morgan fingerprint density at radius 3 is 1.63 bits per heavy atom. The van der Waals surface area contributed by atoms with E-state index in [1.807, 2.05) is 0 Å². The Labute approximate surface area is 114 Å². The molecule has 1 aliphatic carbocycles. The lowest BCUT2D eigenvalue weighted by molar-refractivity contribution is 0.603. The molecule has 19 heavy (non-hydrogen) atoms. The summed E-state index contributed by atoms with van der Waals surface area (Å²) in [6.45, 7) is 4.74. The molecule has 2 atom stereocenters. The third-order valence-electron chi connectivity index (χ3n) is 4.72. The van der Waals surface area contributed by atoms with Crippen molar-refractivity contribution < 1.29 is 0 Å². The Hall–Kier alpha value is -1.82. The van der Waals surface area contributed by atoms with Gasteiger partial charge in [0.15, 0.2) is 0 Å². The third-order valence-corrected chi connectivity index (χ3v) is 4.72. The summed E-state index contributed by atoms with van der Waals surface area (Å²) < 4.78 is 0. The zero-order chi connectivity index (χ0) is 13.0. The van der Waals surface area contributed by atoms with Crippen molar-refractivity contribution in [2.45, 2.75) is 32.1 Å². The van der Waals surface area contributed by atoms with E-state index >= 15 is 0 Å². The van der Waals surface area contributed by atoms with Crippen LogP contribution >= 0.6 is 0 Å². The molecule has 0 radical (unpaired) electrons. The molecule has 0 saturated carbocycles. The molecule has 0 fully saturated rings. The maximum absolute atomic E-state index is 2.37. The van der Waals surface area contributed by atoms with Crippen molar-refractivity contribution in [1.29, 1.82) is 0 Å². The molecule has 0 aromatic heterocycles. The van der Waals surface area contributed by atoms with Gasteiger partial charge >= 0.3 is 0 Å². The van der Waals surface area contributed by atoms with E-state index in [-0.39, 0.29) is 0 Å². The van der Waals surface area contributed by atoms with Gasteiger partial charge in [-0.3, -0.25) is 0 Å². The van der Waals surface area contributed by atoms with E-state index in [4.69, 9.17) is 0 Å². The Kier molecular flexibility index (Phi) is 2.23. The fraction of sp³-hybridized carbons (Fsp3) is 0.263. The standard InChI is InChI=1S/C19H18/c1-12-11-13(2)17-8-4-6-15-10-9-14-5-3-7-16(12)18(14)19(15)17/h3-10,12-13H,11H2,1-2H3. The van der Waals surface area contributed by atoms with E-state index in [0.717, 1.165) is 0 Å². The normalized spacial score (nSPS) is 22.0. The summed E-state index contributed by atoms with van der Waals surface area (Å²) in [5.74, 6) is 1.27. The number of hydrogen-bond donors (Lipinski definition) is 0. The maximum atomic E-state index is 2.37. The predicted octanol–water partition coefficient (Wildman–Crippen LogP) is 5.60. The van der Waals surface area contributed by atoms with Crippen LogP contribution in [0.2, 0.25) is 0 Å². The second-order valence-electron chi connectivity index (χ2n) is 5.99. The molecule has 0 nitrogen and oxygen atoms in total. The number of benzene rings is 3. The number of rotatable bonds is 0. The molecule has 94 valence electrons. The van der Waals surface area contributed by atoms with Gasteiger partial charge in [0, 0.05) is 0 Å². The highest BCUT2D eigenvalue weighted by Gasteiger charge is 2.22. The van der Waals surface area contributed by atoms with E-state index in [2.05, 4.69) is 62.4 Å². The molecule has 1 aliphatic rings. The second kappa shape index (κ2) is 3.84. The highest BCUT2D eigenvalue weighted by atomic mass is 14.3. The van der Waals surface area contributed by atoms with Gasteiger partial charge < -0.3 is 0 Å². The first kappa shape index (κ1) is 11.0. The minimum Gasteiger partial charge on any atom is -0.0613 e. The van der Waals surface area contributed by atoms with Gasteiger partial charge in [-0.2, -0.15) is 0 Å². The van der Waals surface area contributed by atoms with Crippen LogP contribution in [0.3, 0.4) is 0 Å². The minimum absolute atomic E-state index is 0.636. The van der Waals surface area contributed by atoms with Gasteiger partial charge in [0.25, 0.3) is 0 Å². The van der Waals surface area contributed by atoms with Crippen molar-refractivity contribution in [2.75, 3.05) is 0 Å². The van der Waals surface area contributed by atoms with Crippen LogP contribution in [-0.2, 0) is 0 Å². The van der Waals surface area contributed by atoms with Crippen LogP contribution in [0.4, 0.5) is 0 Å². The molecule has 0 spiro atoms. The first-order valence-corrected chi connectivity index (χ1v) is 7.20. The third kappa shape index (κ3) is 1.46.